The third kappa shape index (κ3) is 5.71. The average molecular weight is 467 g/mol. The predicted octanol–water partition coefficient (Wildman–Crippen LogP) is 3.63. The second-order valence-corrected chi connectivity index (χ2v) is 7.45. The summed E-state index contributed by atoms with van der Waals surface area (Å²) in [4.78, 5) is 32.2. The first-order valence-corrected chi connectivity index (χ1v) is 10.2. The number of ether oxygens (including phenoxy) is 1. The van der Waals surface area contributed by atoms with Crippen molar-refractivity contribution in [2.75, 3.05) is 17.7 Å². The van der Waals surface area contributed by atoms with Gasteiger partial charge in [0.1, 0.15) is 30.3 Å². The van der Waals surface area contributed by atoms with Crippen LogP contribution in [0.3, 0.4) is 0 Å². The highest BCUT2D eigenvalue weighted by atomic mass is 19.1. The second-order valence-electron chi connectivity index (χ2n) is 7.45. The van der Waals surface area contributed by atoms with E-state index >= 15 is 0 Å². The molecule has 176 valence electrons. The summed E-state index contributed by atoms with van der Waals surface area (Å²) in [6.45, 7) is 6.82. The van der Waals surface area contributed by atoms with E-state index < -0.39 is 23.6 Å². The van der Waals surface area contributed by atoms with Crippen LogP contribution in [0.5, 0.6) is 5.75 Å². The van der Waals surface area contributed by atoms with Gasteiger partial charge in [-0.05, 0) is 61.9 Å². The maximum absolute atomic E-state index is 14.6. The topological polar surface area (TPSA) is 119 Å². The van der Waals surface area contributed by atoms with Gasteiger partial charge in [-0.15, -0.1) is 0 Å². The highest BCUT2D eigenvalue weighted by Gasteiger charge is 2.20. The third-order valence-electron chi connectivity index (χ3n) is 4.87. The molecule has 8 nitrogen and oxygen atoms in total. The summed E-state index contributed by atoms with van der Waals surface area (Å²) in [7, 11) is 0. The van der Waals surface area contributed by atoms with E-state index in [0.29, 0.717) is 11.1 Å². The smallest absolute Gasteiger partial charge is 0.255 e. The Morgan fingerprint density at radius 1 is 1.18 bits per heavy atom. The zero-order valence-electron chi connectivity index (χ0n) is 18.6. The molecule has 1 aromatic heterocycles. The molecule has 2 aromatic carbocycles. The number of benzene rings is 2. The lowest BCUT2D eigenvalue weighted by Gasteiger charge is -2.18. The maximum atomic E-state index is 14.6. The minimum absolute atomic E-state index is 0.0211. The highest BCUT2D eigenvalue weighted by molar-refractivity contribution is 6.05. The summed E-state index contributed by atoms with van der Waals surface area (Å²) in [5, 5.41) is 5.29. The van der Waals surface area contributed by atoms with Crippen LogP contribution in [-0.4, -0.2) is 34.4 Å². The van der Waals surface area contributed by atoms with Gasteiger partial charge in [0.05, 0.1) is 6.04 Å². The summed E-state index contributed by atoms with van der Waals surface area (Å²) in [6.07, 6.45) is 2.35. The lowest BCUT2D eigenvalue weighted by atomic mass is 10.0. The summed E-state index contributed by atoms with van der Waals surface area (Å²) in [6, 6.07) is 6.97. The predicted molar refractivity (Wildman–Crippen MR) is 124 cm³/mol. The number of nitrogens with one attached hydrogen (secondary N) is 2. The van der Waals surface area contributed by atoms with Crippen molar-refractivity contribution in [3.63, 3.8) is 0 Å². The normalized spacial score (nSPS) is 11.4. The van der Waals surface area contributed by atoms with Crippen molar-refractivity contribution in [2.24, 2.45) is 0 Å². The summed E-state index contributed by atoms with van der Waals surface area (Å²) >= 11 is 0. The Balaban J connectivity index is 1.92. The number of hydrogen-bond acceptors (Lipinski definition) is 6. The molecule has 34 heavy (non-hydrogen) atoms. The number of rotatable bonds is 8. The van der Waals surface area contributed by atoms with E-state index in [4.69, 9.17) is 10.5 Å². The molecule has 0 aliphatic carbocycles. The van der Waals surface area contributed by atoms with Crippen LogP contribution in [-0.2, 0) is 4.79 Å². The molecule has 0 spiro atoms. The van der Waals surface area contributed by atoms with Crippen molar-refractivity contribution in [1.29, 1.82) is 0 Å². The quantitative estimate of drug-likeness (QED) is 0.435. The molecule has 2 amide bonds. The van der Waals surface area contributed by atoms with Crippen molar-refractivity contribution >= 4 is 23.3 Å². The van der Waals surface area contributed by atoms with Gasteiger partial charge in [0.15, 0.2) is 11.6 Å². The van der Waals surface area contributed by atoms with E-state index in [1.54, 1.807) is 13.8 Å². The molecule has 0 aliphatic heterocycles. The highest BCUT2D eigenvalue weighted by Crippen LogP contribution is 2.36. The molecule has 0 bridgehead atoms. The fraction of sp³-hybridized carbons (Fsp3) is 0.167. The van der Waals surface area contributed by atoms with E-state index in [0.717, 1.165) is 24.3 Å². The molecule has 1 atom stereocenters. The van der Waals surface area contributed by atoms with Gasteiger partial charge in [-0.3, -0.25) is 9.59 Å². The molecule has 10 heteroatoms. The van der Waals surface area contributed by atoms with Crippen LogP contribution in [0.25, 0.3) is 11.3 Å². The number of aromatic nitrogens is 2. The number of anilines is 2. The van der Waals surface area contributed by atoms with E-state index in [1.165, 1.54) is 24.5 Å². The number of nitrogen functional groups attached to an aromatic ring is 1. The van der Waals surface area contributed by atoms with Crippen LogP contribution in [0.2, 0.25) is 0 Å². The lowest BCUT2D eigenvalue weighted by molar-refractivity contribution is -0.117. The maximum Gasteiger partial charge on any atom is 0.255 e. The van der Waals surface area contributed by atoms with Crippen LogP contribution in [0.4, 0.5) is 20.3 Å². The number of halogens is 2. The van der Waals surface area contributed by atoms with Gasteiger partial charge in [0.25, 0.3) is 5.91 Å². The van der Waals surface area contributed by atoms with Gasteiger partial charge < -0.3 is 21.1 Å². The first-order valence-electron chi connectivity index (χ1n) is 10.2. The van der Waals surface area contributed by atoms with Crippen molar-refractivity contribution in [1.82, 2.24) is 15.3 Å². The first kappa shape index (κ1) is 24.3. The number of nitrogens with zero attached hydrogens (tertiary/aromatic N) is 2. The van der Waals surface area contributed by atoms with Crippen molar-refractivity contribution in [3.05, 3.63) is 78.1 Å². The van der Waals surface area contributed by atoms with E-state index in [-0.39, 0.29) is 41.0 Å². The first-order chi connectivity index (χ1) is 16.2. The van der Waals surface area contributed by atoms with Crippen LogP contribution in [0, 0.1) is 18.6 Å². The van der Waals surface area contributed by atoms with E-state index in [1.807, 2.05) is 0 Å². The monoisotopic (exact) mass is 467 g/mol. The SMILES string of the molecule is C=CC(=O)N[C@@H](C)COc1c(N)ncnc1-c1cc(F)cc(NC(=O)c2ccc(F)cc2)c1C. The fourth-order valence-corrected chi connectivity index (χ4v) is 3.12. The Morgan fingerprint density at radius 3 is 2.56 bits per heavy atom. The van der Waals surface area contributed by atoms with Crippen LogP contribution < -0.4 is 21.1 Å². The molecule has 3 aromatic rings. The van der Waals surface area contributed by atoms with Gasteiger partial charge in [-0.25, -0.2) is 18.7 Å². The van der Waals surface area contributed by atoms with Gasteiger partial charge in [-0.2, -0.15) is 0 Å². The fourth-order valence-electron chi connectivity index (χ4n) is 3.12. The largest absolute Gasteiger partial charge is 0.485 e. The molecule has 0 fully saturated rings. The molecule has 3 rings (SSSR count). The molecule has 0 unspecified atom stereocenters. The number of nitrogens with two attached hydrogens (primary N) is 1. The molecule has 0 aliphatic rings. The number of carbonyl (C=O) groups is 2. The molecular weight excluding hydrogens is 444 g/mol. The molecule has 4 N–H and O–H groups in total. The van der Waals surface area contributed by atoms with Gasteiger partial charge in [0.2, 0.25) is 5.91 Å². The Labute approximate surface area is 194 Å². The zero-order chi connectivity index (χ0) is 24.8. The number of amides is 2. The second kappa shape index (κ2) is 10.5. The molecular formula is C24H23F2N5O3. The van der Waals surface area contributed by atoms with E-state index in [9.17, 15) is 18.4 Å². The Kier molecular flexibility index (Phi) is 7.52. The van der Waals surface area contributed by atoms with Gasteiger partial charge >= 0.3 is 0 Å². The van der Waals surface area contributed by atoms with Gasteiger partial charge in [-0.1, -0.05) is 6.58 Å². The van der Waals surface area contributed by atoms with E-state index in [2.05, 4.69) is 27.2 Å². The lowest BCUT2D eigenvalue weighted by Crippen LogP contribution is -2.35. The molecule has 0 radical (unpaired) electrons. The van der Waals surface area contributed by atoms with Crippen LogP contribution in [0.1, 0.15) is 22.8 Å². The summed E-state index contributed by atoms with van der Waals surface area (Å²) in [5.41, 5.74) is 7.42. The number of carbonyl (C=O) groups excluding carboxylic acids is 2. The third-order valence-corrected chi connectivity index (χ3v) is 4.87. The summed E-state index contributed by atoms with van der Waals surface area (Å²) in [5.74, 6) is -1.89. The molecule has 0 saturated heterocycles. The van der Waals surface area contributed by atoms with Crippen molar-refractivity contribution in [2.45, 2.75) is 19.9 Å². The number of hydrogen-bond donors (Lipinski definition) is 3. The average Bonchev–Trinajstić information content (AvgIpc) is 2.80. The minimum Gasteiger partial charge on any atom is -0.485 e. The van der Waals surface area contributed by atoms with Crippen LogP contribution in [0.15, 0.2) is 55.4 Å². The van der Waals surface area contributed by atoms with Crippen LogP contribution >= 0.6 is 0 Å². The Morgan fingerprint density at radius 2 is 1.88 bits per heavy atom. The van der Waals surface area contributed by atoms with Gasteiger partial charge in [0, 0.05) is 16.8 Å². The molecule has 1 heterocycles. The van der Waals surface area contributed by atoms with Crippen molar-refractivity contribution in [3.8, 4) is 17.0 Å². The summed E-state index contributed by atoms with van der Waals surface area (Å²) < 4.78 is 33.5. The standard InChI is InChI=1S/C24H23F2N5O3/c1-4-20(32)30-13(2)11-34-22-21(28-12-29-23(22)27)18-9-17(26)10-19(14(18)3)31-24(33)15-5-7-16(25)8-6-15/h4-10,12-13H,1,11H2,2-3H3,(H,30,32)(H,31,33)(H2,27,28,29)/t13-/m0/s1. The zero-order valence-corrected chi connectivity index (χ0v) is 18.6. The minimum atomic E-state index is -0.634. The Hall–Kier alpha value is -4.34. The molecule has 0 saturated carbocycles. The van der Waals surface area contributed by atoms with Crippen molar-refractivity contribution < 1.29 is 23.1 Å². The Bertz CT molecular complexity index is 1230.